The molecule has 0 aliphatic carbocycles. The maximum Gasteiger partial charge on any atom is 0.281 e. The van der Waals surface area contributed by atoms with Crippen LogP contribution in [0.3, 0.4) is 0 Å². The number of ketones is 1. The molecule has 0 unspecified atom stereocenters. The van der Waals surface area contributed by atoms with E-state index >= 15 is 0 Å². The lowest BCUT2D eigenvalue weighted by molar-refractivity contribution is 0.0976. The molecule has 4 rings (SSSR count). The Bertz CT molecular complexity index is 1480. The van der Waals surface area contributed by atoms with Gasteiger partial charge >= 0.3 is 0 Å². The van der Waals surface area contributed by atoms with Gasteiger partial charge in [-0.3, -0.25) is 9.59 Å². The Hall–Kier alpha value is -4.31. The number of ether oxygens (including phenoxy) is 1. The summed E-state index contributed by atoms with van der Waals surface area (Å²) in [6, 6.07) is 18.1. The first-order valence-electron chi connectivity index (χ1n) is 9.64. The number of aromatic amines is 1. The maximum absolute atomic E-state index is 13.0. The minimum absolute atomic E-state index is 0.0216. The number of nitrogens with zero attached hydrogens (tertiary/aromatic N) is 1. The number of sulfonamides is 1. The van der Waals surface area contributed by atoms with Crippen molar-refractivity contribution in [2.24, 2.45) is 5.18 Å². The van der Waals surface area contributed by atoms with Crippen LogP contribution in [0.25, 0.3) is 10.9 Å². The number of aromatic nitrogens is 1. The quantitative estimate of drug-likeness (QED) is 0.315. The Labute approximate surface area is 188 Å². The molecule has 0 fully saturated rings. The smallest absolute Gasteiger partial charge is 0.281 e. The SMILES string of the molecule is COc1ccc(S(=O)(=O)NC(=O)c2cc3c(C(=O)c4ccccc4)ccc(N=O)c3[nH]2)cc1. The third-order valence-corrected chi connectivity index (χ3v) is 6.34. The van der Waals surface area contributed by atoms with Crippen molar-refractivity contribution in [2.75, 3.05) is 7.11 Å². The fourth-order valence-electron chi connectivity index (χ4n) is 3.34. The first-order chi connectivity index (χ1) is 15.8. The van der Waals surface area contributed by atoms with Crippen molar-refractivity contribution in [3.05, 3.63) is 94.5 Å². The summed E-state index contributed by atoms with van der Waals surface area (Å²) in [6.45, 7) is 0. The van der Waals surface area contributed by atoms with E-state index in [1.54, 1.807) is 30.3 Å². The largest absolute Gasteiger partial charge is 0.497 e. The van der Waals surface area contributed by atoms with E-state index in [2.05, 4.69) is 10.2 Å². The van der Waals surface area contributed by atoms with E-state index in [0.29, 0.717) is 11.3 Å². The van der Waals surface area contributed by atoms with Crippen molar-refractivity contribution in [1.29, 1.82) is 0 Å². The average Bonchev–Trinajstić information content (AvgIpc) is 3.29. The molecule has 0 spiro atoms. The molecule has 3 aromatic carbocycles. The third-order valence-electron chi connectivity index (χ3n) is 4.99. The minimum Gasteiger partial charge on any atom is -0.497 e. The highest BCUT2D eigenvalue weighted by atomic mass is 32.2. The molecule has 10 heteroatoms. The zero-order chi connectivity index (χ0) is 23.6. The molecular formula is C23H17N3O6S. The Morgan fingerprint density at radius 3 is 2.30 bits per heavy atom. The van der Waals surface area contributed by atoms with Crippen LogP contribution < -0.4 is 9.46 Å². The predicted molar refractivity (Wildman–Crippen MR) is 121 cm³/mol. The molecule has 4 aromatic rings. The molecule has 166 valence electrons. The molecule has 1 amide bonds. The summed E-state index contributed by atoms with van der Waals surface area (Å²) in [5.41, 5.74) is 0.627. The highest BCUT2D eigenvalue weighted by molar-refractivity contribution is 7.90. The molecule has 9 nitrogen and oxygen atoms in total. The first kappa shape index (κ1) is 21.9. The fourth-order valence-corrected chi connectivity index (χ4v) is 4.30. The molecule has 0 aliphatic rings. The van der Waals surface area contributed by atoms with E-state index in [9.17, 15) is 22.9 Å². The average molecular weight is 463 g/mol. The lowest BCUT2D eigenvalue weighted by atomic mass is 9.99. The zero-order valence-corrected chi connectivity index (χ0v) is 18.0. The van der Waals surface area contributed by atoms with Crippen LogP contribution in [-0.2, 0) is 10.0 Å². The van der Waals surface area contributed by atoms with Crippen LogP contribution in [0.15, 0.2) is 82.9 Å². The Morgan fingerprint density at radius 2 is 1.67 bits per heavy atom. The van der Waals surface area contributed by atoms with Crippen molar-refractivity contribution in [1.82, 2.24) is 9.71 Å². The third kappa shape index (κ3) is 4.23. The van der Waals surface area contributed by atoms with Gasteiger partial charge < -0.3 is 9.72 Å². The number of nitroso groups, excluding NO2 is 1. The van der Waals surface area contributed by atoms with Gasteiger partial charge in [0.05, 0.1) is 17.5 Å². The summed E-state index contributed by atoms with van der Waals surface area (Å²) in [6.07, 6.45) is 0. The fraction of sp³-hybridized carbons (Fsp3) is 0.0435. The topological polar surface area (TPSA) is 135 Å². The molecule has 1 heterocycles. The van der Waals surface area contributed by atoms with E-state index in [1.807, 2.05) is 4.72 Å². The summed E-state index contributed by atoms with van der Waals surface area (Å²) >= 11 is 0. The molecule has 0 aliphatic heterocycles. The summed E-state index contributed by atoms with van der Waals surface area (Å²) in [7, 11) is -2.74. The zero-order valence-electron chi connectivity index (χ0n) is 17.2. The van der Waals surface area contributed by atoms with Crippen molar-refractivity contribution in [3.63, 3.8) is 0 Å². The van der Waals surface area contributed by atoms with E-state index in [0.717, 1.165) is 0 Å². The van der Waals surface area contributed by atoms with E-state index in [-0.39, 0.29) is 38.5 Å². The van der Waals surface area contributed by atoms with Gasteiger partial charge in [-0.05, 0) is 47.6 Å². The highest BCUT2D eigenvalue weighted by Crippen LogP contribution is 2.31. The van der Waals surface area contributed by atoms with Crippen LogP contribution in [-0.4, -0.2) is 32.2 Å². The number of hydrogen-bond acceptors (Lipinski definition) is 7. The van der Waals surface area contributed by atoms with Crippen LogP contribution >= 0.6 is 0 Å². The second-order valence-electron chi connectivity index (χ2n) is 7.00. The predicted octanol–water partition coefficient (Wildman–Crippen LogP) is 3.92. The van der Waals surface area contributed by atoms with Crippen LogP contribution in [0.1, 0.15) is 26.4 Å². The lowest BCUT2D eigenvalue weighted by Crippen LogP contribution is -2.30. The number of H-pyrrole nitrogens is 1. The first-order valence-corrected chi connectivity index (χ1v) is 11.1. The highest BCUT2D eigenvalue weighted by Gasteiger charge is 2.23. The number of hydrogen-bond donors (Lipinski definition) is 2. The number of carbonyl (C=O) groups is 2. The molecule has 0 atom stereocenters. The van der Waals surface area contributed by atoms with Crippen molar-refractivity contribution in [2.45, 2.75) is 4.90 Å². The van der Waals surface area contributed by atoms with Gasteiger partial charge in [0, 0.05) is 16.5 Å². The van der Waals surface area contributed by atoms with Gasteiger partial charge in [-0.2, -0.15) is 0 Å². The molecule has 0 bridgehead atoms. The number of amides is 1. The van der Waals surface area contributed by atoms with Crippen molar-refractivity contribution >= 4 is 38.3 Å². The summed E-state index contributed by atoms with van der Waals surface area (Å²) in [5.74, 6) is -0.827. The van der Waals surface area contributed by atoms with Crippen LogP contribution in [0.2, 0.25) is 0 Å². The normalized spacial score (nSPS) is 11.2. The van der Waals surface area contributed by atoms with Gasteiger partial charge in [-0.15, -0.1) is 4.91 Å². The number of nitrogens with one attached hydrogen (secondary N) is 2. The maximum atomic E-state index is 13.0. The van der Waals surface area contributed by atoms with E-state index in [1.165, 1.54) is 49.6 Å². The number of benzene rings is 3. The Balaban J connectivity index is 1.71. The van der Waals surface area contributed by atoms with Crippen LogP contribution in [0.5, 0.6) is 5.75 Å². The van der Waals surface area contributed by atoms with Gasteiger partial charge in [-0.1, -0.05) is 30.3 Å². The van der Waals surface area contributed by atoms with Gasteiger partial charge in [0.2, 0.25) is 0 Å². The Kier molecular flexibility index (Phi) is 5.76. The molecule has 2 N–H and O–H groups in total. The molecule has 0 saturated carbocycles. The number of carbonyl (C=O) groups excluding carboxylic acids is 2. The number of rotatable bonds is 7. The minimum atomic E-state index is -4.18. The van der Waals surface area contributed by atoms with Gasteiger partial charge in [0.25, 0.3) is 15.9 Å². The summed E-state index contributed by atoms with van der Waals surface area (Å²) in [5, 5.41) is 3.20. The molecular weight excluding hydrogens is 446 g/mol. The second-order valence-corrected chi connectivity index (χ2v) is 8.68. The van der Waals surface area contributed by atoms with Crippen molar-refractivity contribution in [3.8, 4) is 5.75 Å². The van der Waals surface area contributed by atoms with Gasteiger partial charge in [0.15, 0.2) is 5.78 Å². The van der Waals surface area contributed by atoms with Gasteiger partial charge in [-0.25, -0.2) is 13.1 Å². The lowest BCUT2D eigenvalue weighted by Gasteiger charge is -2.06. The summed E-state index contributed by atoms with van der Waals surface area (Å²) < 4.78 is 32.2. The van der Waals surface area contributed by atoms with Crippen molar-refractivity contribution < 1.29 is 22.7 Å². The van der Waals surface area contributed by atoms with Gasteiger partial charge in [0.1, 0.15) is 17.1 Å². The number of fused-ring (bicyclic) bond motifs is 1. The van der Waals surface area contributed by atoms with Crippen LogP contribution in [0.4, 0.5) is 5.69 Å². The summed E-state index contributed by atoms with van der Waals surface area (Å²) in [4.78, 5) is 39.5. The standard InChI is InChI=1S/C23H17N3O6S/c1-32-15-7-9-16(10-8-15)33(30,31)26-23(28)20-13-18-17(11-12-19(25-29)21(18)24-20)22(27)14-5-3-2-4-6-14/h2-13,24H,1H3,(H,26,28). The molecule has 1 aromatic heterocycles. The molecule has 0 saturated heterocycles. The monoisotopic (exact) mass is 463 g/mol. The van der Waals surface area contributed by atoms with E-state index in [4.69, 9.17) is 4.74 Å². The van der Waals surface area contributed by atoms with Crippen LogP contribution in [0, 0.1) is 4.91 Å². The molecule has 33 heavy (non-hydrogen) atoms. The second kappa shape index (κ2) is 8.67. The Morgan fingerprint density at radius 1 is 0.970 bits per heavy atom. The van der Waals surface area contributed by atoms with E-state index < -0.39 is 15.9 Å². The number of methoxy groups -OCH3 is 1. The molecule has 0 radical (unpaired) electrons.